The van der Waals surface area contributed by atoms with Gasteiger partial charge in [0.1, 0.15) is 5.60 Å². The normalized spacial score (nSPS) is 17.0. The van der Waals surface area contributed by atoms with Gasteiger partial charge >= 0.3 is 6.09 Å². The Morgan fingerprint density at radius 2 is 2.00 bits per heavy atom. The SMILES string of the molecule is Cn1ncc2c1CCCC2NC(=O)CCC(NC(=O)OC(C)(C)C)c1ccccc1. The molecule has 2 atom stereocenters. The molecule has 2 N–H and O–H groups in total. The van der Waals surface area contributed by atoms with Gasteiger partial charge in [-0.3, -0.25) is 9.48 Å². The van der Waals surface area contributed by atoms with E-state index in [1.165, 1.54) is 5.69 Å². The number of fused-ring (bicyclic) bond motifs is 1. The van der Waals surface area contributed by atoms with E-state index >= 15 is 0 Å². The van der Waals surface area contributed by atoms with Crippen LogP contribution in [0.15, 0.2) is 36.5 Å². The number of ether oxygens (including phenoxy) is 1. The summed E-state index contributed by atoms with van der Waals surface area (Å²) in [6.45, 7) is 5.48. The summed E-state index contributed by atoms with van der Waals surface area (Å²) in [7, 11) is 1.94. The highest BCUT2D eigenvalue weighted by molar-refractivity contribution is 5.76. The van der Waals surface area contributed by atoms with Crippen LogP contribution in [-0.2, 0) is 23.0 Å². The summed E-state index contributed by atoms with van der Waals surface area (Å²) in [5, 5.41) is 10.4. The summed E-state index contributed by atoms with van der Waals surface area (Å²) >= 11 is 0. The van der Waals surface area contributed by atoms with Gasteiger partial charge in [0.15, 0.2) is 0 Å². The molecule has 2 aromatic rings. The lowest BCUT2D eigenvalue weighted by Crippen LogP contribution is -2.36. The first kappa shape index (κ1) is 21.9. The number of carbonyl (C=O) groups excluding carboxylic acids is 2. The molecule has 2 amide bonds. The first-order valence-corrected chi connectivity index (χ1v) is 10.6. The Morgan fingerprint density at radius 1 is 1.27 bits per heavy atom. The Hall–Kier alpha value is -2.83. The fourth-order valence-corrected chi connectivity index (χ4v) is 3.86. The molecule has 1 aromatic heterocycles. The summed E-state index contributed by atoms with van der Waals surface area (Å²) < 4.78 is 7.29. The molecule has 0 bridgehead atoms. The van der Waals surface area contributed by atoms with Gasteiger partial charge in [0.25, 0.3) is 0 Å². The van der Waals surface area contributed by atoms with E-state index in [1.807, 2.05) is 69.0 Å². The van der Waals surface area contributed by atoms with Gasteiger partial charge in [-0.05, 0) is 52.0 Å². The van der Waals surface area contributed by atoms with E-state index in [2.05, 4.69) is 15.7 Å². The predicted octanol–water partition coefficient (Wildman–Crippen LogP) is 3.96. The molecule has 0 radical (unpaired) electrons. The molecule has 0 aliphatic heterocycles. The molecule has 0 spiro atoms. The second-order valence-corrected chi connectivity index (χ2v) is 8.83. The van der Waals surface area contributed by atoms with Gasteiger partial charge < -0.3 is 15.4 Å². The molecule has 0 fully saturated rings. The molecular formula is C23H32N4O3. The van der Waals surface area contributed by atoms with Crippen LogP contribution in [0.2, 0.25) is 0 Å². The zero-order valence-corrected chi connectivity index (χ0v) is 18.3. The number of aromatic nitrogens is 2. The number of amides is 2. The van der Waals surface area contributed by atoms with Crippen molar-refractivity contribution in [1.29, 1.82) is 0 Å². The number of rotatable bonds is 6. The van der Waals surface area contributed by atoms with E-state index in [-0.39, 0.29) is 18.0 Å². The quantitative estimate of drug-likeness (QED) is 0.752. The fourth-order valence-electron chi connectivity index (χ4n) is 3.86. The predicted molar refractivity (Wildman–Crippen MR) is 115 cm³/mol. The highest BCUT2D eigenvalue weighted by Gasteiger charge is 2.26. The molecule has 0 saturated carbocycles. The van der Waals surface area contributed by atoms with Crippen molar-refractivity contribution in [2.75, 3.05) is 0 Å². The van der Waals surface area contributed by atoms with Gasteiger partial charge in [-0.1, -0.05) is 30.3 Å². The van der Waals surface area contributed by atoms with Crippen LogP contribution in [0.3, 0.4) is 0 Å². The number of hydrogen-bond acceptors (Lipinski definition) is 4. The first-order valence-electron chi connectivity index (χ1n) is 10.6. The summed E-state index contributed by atoms with van der Waals surface area (Å²) in [6.07, 6.45) is 5.12. The Labute approximate surface area is 178 Å². The number of hydrogen-bond donors (Lipinski definition) is 2. The van der Waals surface area contributed by atoms with Crippen molar-refractivity contribution < 1.29 is 14.3 Å². The first-order chi connectivity index (χ1) is 14.2. The standard InChI is InChI=1S/C23H32N4O3/c1-23(2,3)30-22(29)26-18(16-9-6-5-7-10-16)13-14-21(28)25-19-11-8-12-20-17(19)15-24-27(20)4/h5-7,9-10,15,18-19H,8,11-14H2,1-4H3,(H,25,28)(H,26,29). The van der Waals surface area contributed by atoms with Crippen LogP contribution in [0, 0.1) is 0 Å². The topological polar surface area (TPSA) is 85.3 Å². The van der Waals surface area contributed by atoms with Gasteiger partial charge in [-0.25, -0.2) is 4.79 Å². The van der Waals surface area contributed by atoms with Crippen molar-refractivity contribution >= 4 is 12.0 Å². The molecule has 1 aromatic carbocycles. The molecule has 1 aliphatic rings. The van der Waals surface area contributed by atoms with Crippen molar-refractivity contribution in [2.45, 2.75) is 70.6 Å². The lowest BCUT2D eigenvalue weighted by atomic mass is 9.92. The van der Waals surface area contributed by atoms with E-state index in [9.17, 15) is 9.59 Å². The number of benzene rings is 1. The van der Waals surface area contributed by atoms with Gasteiger partial charge in [0.05, 0.1) is 18.3 Å². The summed E-state index contributed by atoms with van der Waals surface area (Å²) in [4.78, 5) is 25.0. The van der Waals surface area contributed by atoms with Crippen LogP contribution < -0.4 is 10.6 Å². The van der Waals surface area contributed by atoms with Crippen LogP contribution in [-0.4, -0.2) is 27.4 Å². The lowest BCUT2D eigenvalue weighted by Gasteiger charge is -2.25. The van der Waals surface area contributed by atoms with Crippen LogP contribution in [0.25, 0.3) is 0 Å². The largest absolute Gasteiger partial charge is 0.444 e. The number of aryl methyl sites for hydroxylation is 1. The molecule has 162 valence electrons. The van der Waals surface area contributed by atoms with Crippen LogP contribution in [0.1, 0.15) is 75.4 Å². The lowest BCUT2D eigenvalue weighted by molar-refractivity contribution is -0.122. The van der Waals surface area contributed by atoms with Gasteiger partial charge in [-0.15, -0.1) is 0 Å². The second-order valence-electron chi connectivity index (χ2n) is 8.83. The monoisotopic (exact) mass is 412 g/mol. The van der Waals surface area contributed by atoms with Gasteiger partial charge in [0.2, 0.25) is 5.91 Å². The molecule has 2 unspecified atom stereocenters. The van der Waals surface area contributed by atoms with Crippen molar-refractivity contribution in [3.8, 4) is 0 Å². The van der Waals surface area contributed by atoms with E-state index < -0.39 is 11.7 Å². The molecule has 1 heterocycles. The van der Waals surface area contributed by atoms with E-state index in [1.54, 1.807) is 0 Å². The smallest absolute Gasteiger partial charge is 0.408 e. The summed E-state index contributed by atoms with van der Waals surface area (Å²) in [5.74, 6) is -0.0244. The van der Waals surface area contributed by atoms with E-state index in [0.717, 1.165) is 30.4 Å². The summed E-state index contributed by atoms with van der Waals surface area (Å²) in [6, 6.07) is 9.37. The fraction of sp³-hybridized carbons (Fsp3) is 0.522. The summed E-state index contributed by atoms with van der Waals surface area (Å²) in [5.41, 5.74) is 2.68. The average Bonchev–Trinajstić information content (AvgIpc) is 3.06. The third kappa shape index (κ3) is 5.84. The number of nitrogens with one attached hydrogen (secondary N) is 2. The Morgan fingerprint density at radius 3 is 2.70 bits per heavy atom. The van der Waals surface area contributed by atoms with Crippen molar-refractivity contribution in [3.63, 3.8) is 0 Å². The molecule has 1 aliphatic carbocycles. The van der Waals surface area contributed by atoms with Crippen LogP contribution >= 0.6 is 0 Å². The minimum Gasteiger partial charge on any atom is -0.444 e. The van der Waals surface area contributed by atoms with Gasteiger partial charge in [0, 0.05) is 24.7 Å². The molecule has 7 heteroatoms. The third-order valence-electron chi connectivity index (χ3n) is 5.26. The van der Waals surface area contributed by atoms with Gasteiger partial charge in [-0.2, -0.15) is 5.10 Å². The van der Waals surface area contributed by atoms with Crippen LogP contribution in [0.5, 0.6) is 0 Å². The van der Waals surface area contributed by atoms with Crippen molar-refractivity contribution in [1.82, 2.24) is 20.4 Å². The minimum absolute atomic E-state index is 0.00365. The number of alkyl carbamates (subject to hydrolysis) is 1. The zero-order valence-electron chi connectivity index (χ0n) is 18.3. The molecule has 3 rings (SSSR count). The second kappa shape index (κ2) is 9.32. The van der Waals surface area contributed by atoms with Crippen molar-refractivity contribution in [3.05, 3.63) is 53.3 Å². The molecule has 30 heavy (non-hydrogen) atoms. The Bertz CT molecular complexity index is 870. The van der Waals surface area contributed by atoms with Crippen LogP contribution in [0.4, 0.5) is 4.79 Å². The molecule has 0 saturated heterocycles. The van der Waals surface area contributed by atoms with E-state index in [0.29, 0.717) is 12.8 Å². The maximum Gasteiger partial charge on any atom is 0.408 e. The van der Waals surface area contributed by atoms with E-state index in [4.69, 9.17) is 4.74 Å². The average molecular weight is 413 g/mol. The highest BCUT2D eigenvalue weighted by atomic mass is 16.6. The number of carbonyl (C=O) groups is 2. The third-order valence-corrected chi connectivity index (χ3v) is 5.26. The maximum absolute atomic E-state index is 12.7. The highest BCUT2D eigenvalue weighted by Crippen LogP contribution is 2.29. The maximum atomic E-state index is 12.7. The Kier molecular flexibility index (Phi) is 6.80. The molecule has 7 nitrogen and oxygen atoms in total. The molecular weight excluding hydrogens is 380 g/mol. The Balaban J connectivity index is 1.61. The number of nitrogens with zero attached hydrogens (tertiary/aromatic N) is 2. The van der Waals surface area contributed by atoms with Crippen molar-refractivity contribution in [2.24, 2.45) is 7.05 Å². The zero-order chi connectivity index (χ0) is 21.7. The minimum atomic E-state index is -0.578.